The number of rotatable bonds is 1. The first-order valence-corrected chi connectivity index (χ1v) is 8.44. The first-order chi connectivity index (χ1) is 12.5. The molecule has 3 nitrogen and oxygen atoms in total. The molecular formula is C18H19BF5N3. The number of hydrogen-bond acceptors (Lipinski definition) is 2. The summed E-state index contributed by atoms with van der Waals surface area (Å²) in [6.45, 7) is 5.28. The minimum Gasteiger partial charge on any atom is -0.418 e. The molecular weight excluding hydrogens is 364 g/mol. The van der Waals surface area contributed by atoms with E-state index >= 15 is 0 Å². The van der Waals surface area contributed by atoms with Crippen molar-refractivity contribution in [3.63, 3.8) is 0 Å². The highest BCUT2D eigenvalue weighted by Crippen LogP contribution is 2.29. The van der Waals surface area contributed by atoms with Crippen molar-refractivity contribution in [3.05, 3.63) is 65.5 Å². The van der Waals surface area contributed by atoms with Gasteiger partial charge in [-0.3, -0.25) is 0 Å². The van der Waals surface area contributed by atoms with Gasteiger partial charge in [-0.05, 0) is 49.7 Å². The van der Waals surface area contributed by atoms with E-state index in [0.717, 1.165) is 24.6 Å². The first-order valence-electron chi connectivity index (χ1n) is 8.44. The molecule has 4 rings (SSSR count). The van der Waals surface area contributed by atoms with E-state index in [1.54, 1.807) is 12.1 Å². The molecule has 2 aromatic carbocycles. The van der Waals surface area contributed by atoms with Crippen LogP contribution in [0.3, 0.4) is 0 Å². The number of fused-ring (bicyclic) bond motifs is 2. The van der Waals surface area contributed by atoms with Gasteiger partial charge in [-0.2, -0.15) is 10.4 Å². The summed E-state index contributed by atoms with van der Waals surface area (Å²) in [6.07, 6.45) is 1.02. The standard InChI is InChI=1S/C18H18FN3.BF4/c1-18(2)11-13-5-3-4-6-16(13)17-20-22(12-21(17)18)15-9-7-14(19)8-10-15;2-1(3,4)5/h3-10H,11-12H2,1-2H3;/q;-1/p+1. The summed E-state index contributed by atoms with van der Waals surface area (Å²) in [5, 5.41) is 2.07. The highest BCUT2D eigenvalue weighted by molar-refractivity contribution is 6.50. The molecule has 2 aromatic rings. The number of hydrogen-bond donors (Lipinski definition) is 1. The van der Waals surface area contributed by atoms with Gasteiger partial charge in [0.25, 0.3) is 0 Å². The quantitative estimate of drug-likeness (QED) is 0.452. The zero-order valence-electron chi connectivity index (χ0n) is 14.9. The number of hydrazine groups is 1. The molecule has 2 aliphatic heterocycles. The zero-order valence-corrected chi connectivity index (χ0v) is 14.9. The maximum atomic E-state index is 13.1. The van der Waals surface area contributed by atoms with Crippen molar-refractivity contribution in [1.82, 2.24) is 5.43 Å². The van der Waals surface area contributed by atoms with E-state index in [9.17, 15) is 21.7 Å². The third-order valence-electron chi connectivity index (χ3n) is 4.56. The number of nitrogens with one attached hydrogen (secondary N) is 1. The molecule has 0 aliphatic carbocycles. The second-order valence-electron chi connectivity index (χ2n) is 7.08. The van der Waals surface area contributed by atoms with E-state index in [4.69, 9.17) is 0 Å². The summed E-state index contributed by atoms with van der Waals surface area (Å²) in [4.78, 5) is 0. The highest BCUT2D eigenvalue weighted by atomic mass is 19.5. The fourth-order valence-corrected chi connectivity index (χ4v) is 3.37. The lowest BCUT2D eigenvalue weighted by Crippen LogP contribution is -2.45. The van der Waals surface area contributed by atoms with Gasteiger partial charge >= 0.3 is 13.1 Å². The summed E-state index contributed by atoms with van der Waals surface area (Å²) in [5.41, 5.74) is 7.13. The van der Waals surface area contributed by atoms with Gasteiger partial charge in [-0.25, -0.2) is 8.97 Å². The topological polar surface area (TPSA) is 18.3 Å². The Morgan fingerprint density at radius 1 is 1.00 bits per heavy atom. The Bertz CT molecular complexity index is 856. The zero-order chi connectivity index (χ0) is 19.8. The van der Waals surface area contributed by atoms with Crippen molar-refractivity contribution in [3.8, 4) is 0 Å². The van der Waals surface area contributed by atoms with Gasteiger partial charge < -0.3 is 17.3 Å². The van der Waals surface area contributed by atoms with Gasteiger partial charge in [0.1, 0.15) is 11.4 Å². The Hall–Kier alpha value is -2.58. The Balaban J connectivity index is 0.000000376. The normalized spacial score (nSPS) is 17.5. The van der Waals surface area contributed by atoms with Crippen LogP contribution in [0.1, 0.15) is 25.0 Å². The van der Waals surface area contributed by atoms with Gasteiger partial charge in [0.05, 0.1) is 11.3 Å². The molecule has 0 spiro atoms. The largest absolute Gasteiger partial charge is 0.673 e. The molecule has 144 valence electrons. The predicted molar refractivity (Wildman–Crippen MR) is 95.7 cm³/mol. The molecule has 0 saturated heterocycles. The van der Waals surface area contributed by atoms with E-state index in [1.165, 1.54) is 23.3 Å². The van der Waals surface area contributed by atoms with E-state index < -0.39 is 7.25 Å². The summed E-state index contributed by atoms with van der Waals surface area (Å²) >= 11 is 0. The maximum Gasteiger partial charge on any atom is 0.673 e. The van der Waals surface area contributed by atoms with Gasteiger partial charge in [-0.15, -0.1) is 0 Å². The van der Waals surface area contributed by atoms with E-state index in [-0.39, 0.29) is 11.4 Å². The fraction of sp³-hybridized carbons (Fsp3) is 0.278. The summed E-state index contributed by atoms with van der Waals surface area (Å²) < 4.78 is 54.5. The van der Waals surface area contributed by atoms with E-state index in [2.05, 4.69) is 53.1 Å². The molecule has 2 heterocycles. The van der Waals surface area contributed by atoms with Crippen LogP contribution in [0.25, 0.3) is 0 Å². The second-order valence-corrected chi connectivity index (χ2v) is 7.08. The Morgan fingerprint density at radius 3 is 2.22 bits per heavy atom. The molecule has 0 atom stereocenters. The smallest absolute Gasteiger partial charge is 0.418 e. The first kappa shape index (κ1) is 19.2. The molecule has 1 N–H and O–H groups in total. The molecule has 0 unspecified atom stereocenters. The lowest BCUT2D eigenvalue weighted by atomic mass is 9.87. The Labute approximate surface area is 154 Å². The second kappa shape index (κ2) is 6.86. The van der Waals surface area contributed by atoms with Crippen LogP contribution in [0.15, 0.2) is 48.5 Å². The fourth-order valence-electron chi connectivity index (χ4n) is 3.37. The number of halogens is 5. The maximum absolute atomic E-state index is 13.1. The van der Waals surface area contributed by atoms with E-state index in [1.807, 2.05) is 0 Å². The third-order valence-corrected chi connectivity index (χ3v) is 4.56. The van der Waals surface area contributed by atoms with Gasteiger partial charge in [0, 0.05) is 6.42 Å². The lowest BCUT2D eigenvalue weighted by Gasteiger charge is -2.29. The molecule has 0 amide bonds. The SMILES string of the molecule is CC1(C)Cc2ccccc2C2=[N+]1CN(c1ccc(F)cc1)N2.F[B-](F)(F)F. The monoisotopic (exact) mass is 383 g/mol. The molecule has 2 aliphatic rings. The molecule has 0 radical (unpaired) electrons. The molecule has 27 heavy (non-hydrogen) atoms. The van der Waals surface area contributed by atoms with Crippen LogP contribution >= 0.6 is 0 Å². The van der Waals surface area contributed by atoms with Crippen LogP contribution in [0.2, 0.25) is 0 Å². The molecule has 0 fully saturated rings. The summed E-state index contributed by atoms with van der Waals surface area (Å²) in [7, 11) is -6.00. The van der Waals surface area contributed by atoms with Crippen molar-refractivity contribution >= 4 is 18.8 Å². The van der Waals surface area contributed by atoms with Gasteiger partial charge in [0.2, 0.25) is 0 Å². The average Bonchev–Trinajstić information content (AvgIpc) is 3.00. The molecule has 0 aromatic heterocycles. The van der Waals surface area contributed by atoms with E-state index in [0.29, 0.717) is 0 Å². The molecule has 9 heteroatoms. The van der Waals surface area contributed by atoms with Gasteiger partial charge in [-0.1, -0.05) is 18.2 Å². The highest BCUT2D eigenvalue weighted by Gasteiger charge is 2.43. The molecule has 0 saturated carbocycles. The van der Waals surface area contributed by atoms with Crippen LogP contribution < -0.4 is 10.4 Å². The van der Waals surface area contributed by atoms with Gasteiger partial charge in [0.15, 0.2) is 6.67 Å². The predicted octanol–water partition coefficient (Wildman–Crippen LogP) is 4.20. The van der Waals surface area contributed by atoms with Crippen molar-refractivity contribution < 1.29 is 26.2 Å². The summed E-state index contributed by atoms with van der Waals surface area (Å²) in [6, 6.07) is 15.1. The molecule has 0 bridgehead atoms. The van der Waals surface area contributed by atoms with Crippen LogP contribution in [0.4, 0.5) is 27.3 Å². The van der Waals surface area contributed by atoms with Crippen molar-refractivity contribution in [2.24, 2.45) is 0 Å². The third kappa shape index (κ3) is 4.40. The van der Waals surface area contributed by atoms with Crippen LogP contribution in [-0.2, 0) is 6.42 Å². The Kier molecular flexibility index (Phi) is 4.88. The number of nitrogens with zero attached hydrogens (tertiary/aromatic N) is 2. The minimum absolute atomic E-state index is 0.0471. The van der Waals surface area contributed by atoms with Crippen molar-refractivity contribution in [1.29, 1.82) is 0 Å². The van der Waals surface area contributed by atoms with Crippen LogP contribution in [0.5, 0.6) is 0 Å². The average molecular weight is 383 g/mol. The Morgan fingerprint density at radius 2 is 1.59 bits per heavy atom. The number of benzene rings is 2. The minimum atomic E-state index is -6.00. The lowest BCUT2D eigenvalue weighted by molar-refractivity contribution is -0.595. The van der Waals surface area contributed by atoms with Crippen LogP contribution in [-0.4, -0.2) is 29.9 Å². The number of amidine groups is 1. The van der Waals surface area contributed by atoms with Crippen molar-refractivity contribution in [2.45, 2.75) is 25.8 Å². The van der Waals surface area contributed by atoms with Crippen molar-refractivity contribution in [2.75, 3.05) is 11.7 Å². The summed E-state index contributed by atoms with van der Waals surface area (Å²) in [5.74, 6) is 0.926. The van der Waals surface area contributed by atoms with Crippen LogP contribution in [0, 0.1) is 5.82 Å². The number of anilines is 1.